The first kappa shape index (κ1) is 18.3. The van der Waals surface area contributed by atoms with Crippen molar-refractivity contribution in [1.29, 1.82) is 0 Å². The summed E-state index contributed by atoms with van der Waals surface area (Å²) < 4.78 is 10.9. The van der Waals surface area contributed by atoms with E-state index in [9.17, 15) is 9.59 Å². The van der Waals surface area contributed by atoms with Crippen molar-refractivity contribution >= 4 is 23.3 Å². The number of amides is 1. The average molecular weight is 374 g/mol. The molecule has 0 bridgehead atoms. The lowest BCUT2D eigenvalue weighted by Crippen LogP contribution is -2.27. The molecule has 0 unspecified atom stereocenters. The van der Waals surface area contributed by atoms with Crippen LogP contribution in [0.3, 0.4) is 0 Å². The third-order valence-electron chi connectivity index (χ3n) is 4.19. The van der Waals surface area contributed by atoms with Crippen molar-refractivity contribution in [3.8, 4) is 11.5 Å². The van der Waals surface area contributed by atoms with Gasteiger partial charge in [0.25, 0.3) is 0 Å². The fourth-order valence-electron chi connectivity index (χ4n) is 2.81. The molecule has 5 nitrogen and oxygen atoms in total. The van der Waals surface area contributed by atoms with Crippen molar-refractivity contribution in [1.82, 2.24) is 5.32 Å². The lowest BCUT2D eigenvalue weighted by Gasteiger charge is -2.18. The minimum atomic E-state index is -0.222. The molecule has 1 N–H and O–H groups in total. The molecule has 1 aliphatic heterocycles. The Labute approximate surface area is 157 Å². The molecule has 2 aromatic rings. The second-order valence-electron chi connectivity index (χ2n) is 6.09. The number of hydrogen-bond donors (Lipinski definition) is 1. The first-order chi connectivity index (χ1) is 12.5. The zero-order valence-electron chi connectivity index (χ0n) is 14.5. The molecular weight excluding hydrogens is 354 g/mol. The van der Waals surface area contributed by atoms with Gasteiger partial charge in [-0.15, -0.1) is 0 Å². The third-order valence-corrected chi connectivity index (χ3v) is 4.54. The summed E-state index contributed by atoms with van der Waals surface area (Å²) >= 11 is 6.14. The van der Waals surface area contributed by atoms with Gasteiger partial charge in [-0.3, -0.25) is 9.59 Å². The minimum absolute atomic E-state index is 0.109. The van der Waals surface area contributed by atoms with Gasteiger partial charge in [0.15, 0.2) is 17.3 Å². The zero-order valence-corrected chi connectivity index (χ0v) is 15.2. The Kier molecular flexibility index (Phi) is 5.78. The predicted molar refractivity (Wildman–Crippen MR) is 99.0 cm³/mol. The van der Waals surface area contributed by atoms with Crippen LogP contribution in [-0.4, -0.2) is 24.9 Å². The number of ketones is 1. The van der Waals surface area contributed by atoms with E-state index in [2.05, 4.69) is 5.32 Å². The highest BCUT2D eigenvalue weighted by atomic mass is 35.5. The Bertz CT molecular complexity index is 821. The summed E-state index contributed by atoms with van der Waals surface area (Å²) in [5.74, 6) is 0.906. The second-order valence-corrected chi connectivity index (χ2v) is 6.50. The Morgan fingerprint density at radius 3 is 2.58 bits per heavy atom. The van der Waals surface area contributed by atoms with Gasteiger partial charge in [0, 0.05) is 23.4 Å². The summed E-state index contributed by atoms with van der Waals surface area (Å²) in [6.45, 7) is 2.83. The van der Waals surface area contributed by atoms with E-state index in [1.54, 1.807) is 24.3 Å². The summed E-state index contributed by atoms with van der Waals surface area (Å²) in [6, 6.07) is 12.2. The molecule has 0 saturated carbocycles. The number of carbonyl (C=O) groups is 2. The second kappa shape index (κ2) is 8.23. The lowest BCUT2D eigenvalue weighted by atomic mass is 10.0. The average Bonchev–Trinajstić information content (AvgIpc) is 2.66. The van der Waals surface area contributed by atoms with Gasteiger partial charge >= 0.3 is 0 Å². The van der Waals surface area contributed by atoms with Crippen LogP contribution < -0.4 is 14.8 Å². The zero-order chi connectivity index (χ0) is 18.5. The summed E-state index contributed by atoms with van der Waals surface area (Å²) in [7, 11) is 0. The van der Waals surface area contributed by atoms with Crippen molar-refractivity contribution in [2.45, 2.75) is 25.8 Å². The molecule has 0 radical (unpaired) electrons. The topological polar surface area (TPSA) is 64.6 Å². The van der Waals surface area contributed by atoms with E-state index in [1.165, 1.54) is 0 Å². The maximum atomic E-state index is 12.3. The SMILES string of the molecule is C[C@H](NC(=O)CCC(=O)c1ccc2c(c1)OCCO2)c1ccccc1Cl. The smallest absolute Gasteiger partial charge is 0.220 e. The van der Waals surface area contributed by atoms with Crippen LogP contribution in [0.25, 0.3) is 0 Å². The number of carbonyl (C=O) groups excluding carboxylic acids is 2. The third kappa shape index (κ3) is 4.35. The Balaban J connectivity index is 1.54. The molecule has 0 aromatic heterocycles. The number of benzene rings is 2. The quantitative estimate of drug-likeness (QED) is 0.778. The molecule has 1 atom stereocenters. The fourth-order valence-corrected chi connectivity index (χ4v) is 3.11. The number of Topliss-reactive ketones (excluding diaryl/α,β-unsaturated/α-hetero) is 1. The minimum Gasteiger partial charge on any atom is -0.486 e. The van der Waals surface area contributed by atoms with E-state index < -0.39 is 0 Å². The van der Waals surface area contributed by atoms with Crippen molar-refractivity contribution < 1.29 is 19.1 Å². The van der Waals surface area contributed by atoms with E-state index in [1.807, 2.05) is 25.1 Å². The molecule has 6 heteroatoms. The molecule has 3 rings (SSSR count). The lowest BCUT2D eigenvalue weighted by molar-refractivity contribution is -0.121. The Hall–Kier alpha value is -2.53. The molecule has 0 spiro atoms. The highest BCUT2D eigenvalue weighted by Gasteiger charge is 2.17. The molecule has 1 aliphatic rings. The van der Waals surface area contributed by atoms with E-state index in [4.69, 9.17) is 21.1 Å². The molecule has 0 fully saturated rings. The van der Waals surface area contributed by atoms with E-state index in [0.29, 0.717) is 35.3 Å². The van der Waals surface area contributed by atoms with Crippen LogP contribution >= 0.6 is 11.6 Å². The summed E-state index contributed by atoms with van der Waals surface area (Å²) in [4.78, 5) is 24.5. The van der Waals surface area contributed by atoms with Crippen LogP contribution in [0.4, 0.5) is 0 Å². The highest BCUT2D eigenvalue weighted by Crippen LogP contribution is 2.31. The van der Waals surface area contributed by atoms with Crippen molar-refractivity contribution in [2.75, 3.05) is 13.2 Å². The van der Waals surface area contributed by atoms with Crippen LogP contribution in [0.15, 0.2) is 42.5 Å². The standard InChI is InChI=1S/C20H20ClNO4/c1-13(15-4-2-3-5-16(15)21)22-20(24)9-7-17(23)14-6-8-18-19(12-14)26-11-10-25-18/h2-6,8,12-13H,7,9-11H2,1H3,(H,22,24)/t13-/m0/s1. The molecular formula is C20H20ClNO4. The van der Waals surface area contributed by atoms with Crippen LogP contribution in [0.5, 0.6) is 11.5 Å². The fraction of sp³-hybridized carbons (Fsp3) is 0.300. The molecule has 0 saturated heterocycles. The van der Waals surface area contributed by atoms with Crippen LogP contribution in [-0.2, 0) is 4.79 Å². The van der Waals surface area contributed by atoms with E-state index >= 15 is 0 Å². The van der Waals surface area contributed by atoms with Gasteiger partial charge in [-0.2, -0.15) is 0 Å². The monoisotopic (exact) mass is 373 g/mol. The van der Waals surface area contributed by atoms with Gasteiger partial charge in [-0.25, -0.2) is 0 Å². The molecule has 1 amide bonds. The van der Waals surface area contributed by atoms with E-state index in [0.717, 1.165) is 5.56 Å². The first-order valence-electron chi connectivity index (χ1n) is 8.51. The Morgan fingerprint density at radius 1 is 1.08 bits per heavy atom. The van der Waals surface area contributed by atoms with Gasteiger partial charge in [0.1, 0.15) is 13.2 Å². The largest absolute Gasteiger partial charge is 0.486 e. The van der Waals surface area contributed by atoms with Crippen molar-refractivity contribution in [3.05, 3.63) is 58.6 Å². The molecule has 26 heavy (non-hydrogen) atoms. The van der Waals surface area contributed by atoms with Gasteiger partial charge in [0.05, 0.1) is 6.04 Å². The number of rotatable bonds is 6. The summed E-state index contributed by atoms with van der Waals surface area (Å²) in [5, 5.41) is 3.48. The normalized spacial score (nSPS) is 13.8. The van der Waals surface area contributed by atoms with Gasteiger partial charge in [0.2, 0.25) is 5.91 Å². The number of fused-ring (bicyclic) bond motifs is 1. The molecule has 0 aliphatic carbocycles. The van der Waals surface area contributed by atoms with Crippen LogP contribution in [0, 0.1) is 0 Å². The Morgan fingerprint density at radius 2 is 1.81 bits per heavy atom. The molecule has 2 aromatic carbocycles. The van der Waals surface area contributed by atoms with Crippen molar-refractivity contribution in [3.63, 3.8) is 0 Å². The first-order valence-corrected chi connectivity index (χ1v) is 8.89. The molecule has 136 valence electrons. The summed E-state index contributed by atoms with van der Waals surface area (Å²) in [6.07, 6.45) is 0.239. The number of ether oxygens (including phenoxy) is 2. The number of hydrogen-bond acceptors (Lipinski definition) is 4. The van der Waals surface area contributed by atoms with Crippen molar-refractivity contribution in [2.24, 2.45) is 0 Å². The molecule has 1 heterocycles. The van der Waals surface area contributed by atoms with Crippen LogP contribution in [0.2, 0.25) is 5.02 Å². The van der Waals surface area contributed by atoms with Gasteiger partial charge in [-0.05, 0) is 36.8 Å². The maximum absolute atomic E-state index is 12.3. The number of halogens is 1. The van der Waals surface area contributed by atoms with Gasteiger partial charge < -0.3 is 14.8 Å². The van der Waals surface area contributed by atoms with Crippen LogP contribution in [0.1, 0.15) is 41.7 Å². The highest BCUT2D eigenvalue weighted by molar-refractivity contribution is 6.31. The number of nitrogens with one attached hydrogen (secondary N) is 1. The van der Waals surface area contributed by atoms with E-state index in [-0.39, 0.29) is 30.6 Å². The van der Waals surface area contributed by atoms with Gasteiger partial charge in [-0.1, -0.05) is 29.8 Å². The predicted octanol–water partition coefficient (Wildman–Crippen LogP) is 3.95. The maximum Gasteiger partial charge on any atom is 0.220 e. The summed E-state index contributed by atoms with van der Waals surface area (Å²) in [5.41, 5.74) is 1.36.